The van der Waals surface area contributed by atoms with Gasteiger partial charge >= 0.3 is 0 Å². The molecule has 2 aromatic heterocycles. The van der Waals surface area contributed by atoms with Gasteiger partial charge in [-0.05, 0) is 68.8 Å². The summed E-state index contributed by atoms with van der Waals surface area (Å²) in [6.45, 7) is 6.77. The fourth-order valence-electron chi connectivity index (χ4n) is 4.11. The summed E-state index contributed by atoms with van der Waals surface area (Å²) >= 11 is 20.4. The van der Waals surface area contributed by atoms with E-state index in [2.05, 4.69) is 5.32 Å². The number of nitrogens with one attached hydrogen (secondary N) is 1. The molecule has 1 amide bonds. The van der Waals surface area contributed by atoms with Crippen LogP contribution >= 0.6 is 46.1 Å². The lowest BCUT2D eigenvalue weighted by molar-refractivity contribution is -0.0224. The molecule has 3 aromatic rings. The fraction of sp³-hybridized carbons (Fsp3) is 0.308. The van der Waals surface area contributed by atoms with Crippen LogP contribution in [0.25, 0.3) is 16.3 Å². The number of halogens is 3. The van der Waals surface area contributed by atoms with Crippen LogP contribution in [0.4, 0.5) is 0 Å². The first-order chi connectivity index (χ1) is 17.3. The average Bonchev–Trinajstić information content (AvgIpc) is 3.44. The van der Waals surface area contributed by atoms with Crippen LogP contribution in [0, 0.1) is 0 Å². The molecule has 4 rings (SSSR count). The lowest BCUT2D eigenvalue weighted by Crippen LogP contribution is -2.50. The Hall–Kier alpha value is -2.29. The van der Waals surface area contributed by atoms with Crippen LogP contribution in [0.5, 0.6) is 0 Å². The number of thiophene rings is 1. The molecule has 1 aromatic carbocycles. The highest BCUT2D eigenvalue weighted by molar-refractivity contribution is 7.19. The van der Waals surface area contributed by atoms with E-state index in [4.69, 9.17) is 49.4 Å². The summed E-state index contributed by atoms with van der Waals surface area (Å²) in [6, 6.07) is 8.90. The number of hydrogen-bond acceptors (Lipinski definition) is 5. The molecule has 0 saturated heterocycles. The third-order valence-corrected chi connectivity index (χ3v) is 7.43. The molecule has 0 aliphatic heterocycles. The summed E-state index contributed by atoms with van der Waals surface area (Å²) in [7, 11) is 0. The highest BCUT2D eigenvalue weighted by Gasteiger charge is 2.34. The zero-order valence-electron chi connectivity index (χ0n) is 20.1. The van der Waals surface area contributed by atoms with E-state index in [9.17, 15) is 4.79 Å². The Kier molecular flexibility index (Phi) is 8.48. The smallest absolute Gasteiger partial charge is 0.274 e. The molecule has 2 heterocycles. The topological polar surface area (TPSA) is 65.4 Å². The van der Waals surface area contributed by atoms with Gasteiger partial charge in [0.1, 0.15) is 5.76 Å². The van der Waals surface area contributed by atoms with Crippen molar-refractivity contribution in [1.29, 1.82) is 0 Å². The van der Waals surface area contributed by atoms with Gasteiger partial charge in [-0.25, -0.2) is 4.68 Å². The van der Waals surface area contributed by atoms with Crippen molar-refractivity contribution in [2.24, 2.45) is 0 Å². The maximum atomic E-state index is 13.7. The molecule has 1 aliphatic rings. The largest absolute Gasteiger partial charge is 0.494 e. The lowest BCUT2D eigenvalue weighted by atomic mass is 10.0. The van der Waals surface area contributed by atoms with E-state index >= 15 is 0 Å². The molecule has 0 fully saturated rings. The molecule has 0 radical (unpaired) electrons. The van der Waals surface area contributed by atoms with Crippen molar-refractivity contribution < 1.29 is 14.3 Å². The minimum Gasteiger partial charge on any atom is -0.494 e. The van der Waals surface area contributed by atoms with Gasteiger partial charge in [0.15, 0.2) is 11.4 Å². The standard InChI is InChI=1S/C26H26Cl3N3O3S/c1-4-18-23(25(33)30-26(35-6-3)13-11-17(12-14-26)34-5-2)31-32(20-8-7-16(27)15-19(20)28)24(18)21-9-10-22(29)36-21/h7-13,15H,4-6,14H2,1-3H3,(H,30,33). The monoisotopic (exact) mass is 565 g/mol. The second kappa shape index (κ2) is 11.4. The Morgan fingerprint density at radius 3 is 2.56 bits per heavy atom. The molecule has 10 heteroatoms. The Bertz CT molecular complexity index is 1330. The van der Waals surface area contributed by atoms with E-state index in [1.165, 1.54) is 11.3 Å². The summed E-state index contributed by atoms with van der Waals surface area (Å²) in [4.78, 5) is 14.6. The minimum atomic E-state index is -1.01. The summed E-state index contributed by atoms with van der Waals surface area (Å²) in [5, 5.41) is 8.73. The Morgan fingerprint density at radius 1 is 1.17 bits per heavy atom. The number of nitrogens with zero attached hydrogens (tertiary/aromatic N) is 2. The summed E-state index contributed by atoms with van der Waals surface area (Å²) in [6.07, 6.45) is 6.53. The predicted molar refractivity (Wildman–Crippen MR) is 147 cm³/mol. The van der Waals surface area contributed by atoms with Gasteiger partial charge in [0.05, 0.1) is 32.2 Å². The summed E-state index contributed by atoms with van der Waals surface area (Å²) < 4.78 is 13.9. The molecular weight excluding hydrogens is 541 g/mol. The second-order valence-electron chi connectivity index (χ2n) is 7.99. The van der Waals surface area contributed by atoms with Gasteiger partial charge in [0.2, 0.25) is 0 Å². The van der Waals surface area contributed by atoms with Gasteiger partial charge in [-0.1, -0.05) is 41.7 Å². The number of carbonyl (C=O) groups is 1. The van der Waals surface area contributed by atoms with Gasteiger partial charge in [0.25, 0.3) is 5.91 Å². The molecule has 190 valence electrons. The Morgan fingerprint density at radius 2 is 1.97 bits per heavy atom. The van der Waals surface area contributed by atoms with Crippen LogP contribution in [0.2, 0.25) is 14.4 Å². The first-order valence-corrected chi connectivity index (χ1v) is 13.6. The third kappa shape index (κ3) is 5.50. The van der Waals surface area contributed by atoms with Crippen molar-refractivity contribution in [3.05, 3.63) is 80.0 Å². The lowest BCUT2D eigenvalue weighted by Gasteiger charge is -2.32. The van der Waals surface area contributed by atoms with E-state index < -0.39 is 5.72 Å². The number of carbonyl (C=O) groups excluding carboxylic acids is 1. The number of allylic oxidation sites excluding steroid dienone is 1. The molecule has 0 bridgehead atoms. The number of amides is 1. The summed E-state index contributed by atoms with van der Waals surface area (Å²) in [5.74, 6) is 0.390. The van der Waals surface area contributed by atoms with Gasteiger partial charge in [0, 0.05) is 23.6 Å². The van der Waals surface area contributed by atoms with E-state index in [0.29, 0.717) is 46.1 Å². The number of rotatable bonds is 9. The van der Waals surface area contributed by atoms with Gasteiger partial charge in [-0.3, -0.25) is 4.79 Å². The molecule has 1 aliphatic carbocycles. The predicted octanol–water partition coefficient (Wildman–Crippen LogP) is 7.47. The van der Waals surface area contributed by atoms with Crippen molar-refractivity contribution in [3.8, 4) is 16.3 Å². The van der Waals surface area contributed by atoms with Gasteiger partial charge in [-0.2, -0.15) is 5.10 Å². The normalized spacial score (nSPS) is 17.2. The maximum Gasteiger partial charge on any atom is 0.274 e. The molecule has 1 atom stereocenters. The Labute approximate surface area is 229 Å². The van der Waals surface area contributed by atoms with Crippen molar-refractivity contribution >= 4 is 52.0 Å². The van der Waals surface area contributed by atoms with Crippen LogP contribution in [-0.2, 0) is 15.9 Å². The van der Waals surface area contributed by atoms with Crippen LogP contribution in [-0.4, -0.2) is 34.6 Å². The summed E-state index contributed by atoms with van der Waals surface area (Å²) in [5.41, 5.74) is 1.41. The van der Waals surface area contributed by atoms with Crippen molar-refractivity contribution in [3.63, 3.8) is 0 Å². The van der Waals surface area contributed by atoms with E-state index in [0.717, 1.165) is 21.9 Å². The average molecular weight is 567 g/mol. The zero-order valence-corrected chi connectivity index (χ0v) is 23.2. The fourth-order valence-corrected chi connectivity index (χ4v) is 5.70. The molecule has 1 N–H and O–H groups in total. The van der Waals surface area contributed by atoms with Crippen LogP contribution in [0.15, 0.2) is 54.3 Å². The number of hydrogen-bond donors (Lipinski definition) is 1. The van der Waals surface area contributed by atoms with E-state index in [-0.39, 0.29) is 11.6 Å². The first kappa shape index (κ1) is 26.8. The molecule has 36 heavy (non-hydrogen) atoms. The third-order valence-electron chi connectivity index (χ3n) is 5.66. The molecular formula is C26H26Cl3N3O3S. The minimum absolute atomic E-state index is 0.287. The molecule has 1 unspecified atom stereocenters. The molecule has 6 nitrogen and oxygen atoms in total. The maximum absolute atomic E-state index is 13.7. The van der Waals surface area contributed by atoms with Gasteiger partial charge < -0.3 is 14.8 Å². The first-order valence-electron chi connectivity index (χ1n) is 11.6. The molecule has 0 saturated carbocycles. The molecule has 0 spiro atoms. The van der Waals surface area contributed by atoms with Crippen LogP contribution in [0.1, 0.15) is 43.2 Å². The van der Waals surface area contributed by atoms with E-state index in [1.807, 2.05) is 51.1 Å². The zero-order chi connectivity index (χ0) is 25.9. The highest BCUT2D eigenvalue weighted by Crippen LogP contribution is 2.38. The second-order valence-corrected chi connectivity index (χ2v) is 10.6. The van der Waals surface area contributed by atoms with Crippen molar-refractivity contribution in [2.75, 3.05) is 13.2 Å². The van der Waals surface area contributed by atoms with Crippen molar-refractivity contribution in [2.45, 2.75) is 39.3 Å². The number of benzene rings is 1. The SMILES string of the molecule is CCOC1=CCC(NC(=O)c2nn(-c3ccc(Cl)cc3Cl)c(-c3ccc(Cl)s3)c2CC)(OCC)C=C1. The van der Waals surface area contributed by atoms with Gasteiger partial charge in [-0.15, -0.1) is 11.3 Å². The highest BCUT2D eigenvalue weighted by atomic mass is 35.5. The van der Waals surface area contributed by atoms with E-state index in [1.54, 1.807) is 22.9 Å². The van der Waals surface area contributed by atoms with Crippen molar-refractivity contribution in [1.82, 2.24) is 15.1 Å². The Balaban J connectivity index is 1.79. The van der Waals surface area contributed by atoms with Crippen LogP contribution in [0.3, 0.4) is 0 Å². The number of aromatic nitrogens is 2. The van der Waals surface area contributed by atoms with Crippen LogP contribution < -0.4 is 5.32 Å². The number of ether oxygens (including phenoxy) is 2. The quantitative estimate of drug-likeness (QED) is 0.273.